The van der Waals surface area contributed by atoms with Gasteiger partial charge in [-0.1, -0.05) is 32.1 Å². The molecule has 168 valence electrons. The molecular formula is C27H33N3O2. The highest BCUT2D eigenvalue weighted by Gasteiger charge is 2.25. The summed E-state index contributed by atoms with van der Waals surface area (Å²) in [6.45, 7) is 17.5. The SMILES string of the molecule is [C-]#[N+]C1=CCC(C(=O)Nc2ccc(C(C)N3CCOCC3)cc2C2=CCC(C)(C)CC2)=C1. The van der Waals surface area contributed by atoms with Crippen LogP contribution in [0.15, 0.2) is 47.7 Å². The predicted octanol–water partition coefficient (Wildman–Crippen LogP) is 5.75. The number of nitrogens with zero attached hydrogens (tertiary/aromatic N) is 2. The van der Waals surface area contributed by atoms with E-state index in [2.05, 4.69) is 60.1 Å². The number of amides is 1. The zero-order valence-corrected chi connectivity index (χ0v) is 19.4. The van der Waals surface area contributed by atoms with E-state index in [-0.39, 0.29) is 5.91 Å². The molecule has 1 aliphatic heterocycles. The van der Waals surface area contributed by atoms with Gasteiger partial charge in [-0.3, -0.25) is 9.69 Å². The van der Waals surface area contributed by atoms with E-state index >= 15 is 0 Å². The first kappa shape index (κ1) is 22.5. The number of ether oxygens (including phenoxy) is 1. The van der Waals surface area contributed by atoms with Gasteiger partial charge < -0.3 is 10.1 Å². The predicted molar refractivity (Wildman–Crippen MR) is 129 cm³/mol. The number of carbonyl (C=O) groups excluding carboxylic acids is 1. The second kappa shape index (κ2) is 9.44. The number of rotatable bonds is 5. The molecule has 1 aromatic carbocycles. The van der Waals surface area contributed by atoms with Gasteiger partial charge in [0.05, 0.1) is 19.8 Å². The van der Waals surface area contributed by atoms with Gasteiger partial charge in [0.2, 0.25) is 0 Å². The summed E-state index contributed by atoms with van der Waals surface area (Å²) in [5.74, 6) is -0.119. The molecule has 1 amide bonds. The van der Waals surface area contributed by atoms with Crippen LogP contribution in [-0.2, 0) is 9.53 Å². The molecule has 1 fully saturated rings. The van der Waals surface area contributed by atoms with Gasteiger partial charge >= 0.3 is 0 Å². The monoisotopic (exact) mass is 431 g/mol. The molecule has 1 saturated heterocycles. The van der Waals surface area contributed by atoms with Crippen LogP contribution >= 0.6 is 0 Å². The van der Waals surface area contributed by atoms with Gasteiger partial charge in [-0.15, -0.1) is 0 Å². The summed E-state index contributed by atoms with van der Waals surface area (Å²) in [6, 6.07) is 6.76. The lowest BCUT2D eigenvalue weighted by Gasteiger charge is -2.33. The molecule has 4 rings (SSSR count). The molecule has 5 heteroatoms. The number of carbonyl (C=O) groups is 1. The van der Waals surface area contributed by atoms with Crippen molar-refractivity contribution in [1.82, 2.24) is 4.90 Å². The van der Waals surface area contributed by atoms with Crippen LogP contribution in [0.2, 0.25) is 0 Å². The number of anilines is 1. The number of nitrogens with one attached hydrogen (secondary N) is 1. The summed E-state index contributed by atoms with van der Waals surface area (Å²) < 4.78 is 5.53. The fraction of sp³-hybridized carbons (Fsp3) is 0.481. The molecule has 1 N–H and O–H groups in total. The molecule has 1 unspecified atom stereocenters. The topological polar surface area (TPSA) is 45.9 Å². The second-order valence-electron chi connectivity index (χ2n) is 9.80. The molecule has 5 nitrogen and oxygen atoms in total. The van der Waals surface area contributed by atoms with E-state index in [1.165, 1.54) is 11.1 Å². The summed E-state index contributed by atoms with van der Waals surface area (Å²) in [4.78, 5) is 18.8. The fourth-order valence-corrected chi connectivity index (χ4v) is 4.64. The Bertz CT molecular complexity index is 1020. The van der Waals surface area contributed by atoms with Crippen molar-refractivity contribution in [3.8, 4) is 0 Å². The molecule has 1 atom stereocenters. The number of hydrogen-bond donors (Lipinski definition) is 1. The normalized spacial score (nSPS) is 21.8. The fourth-order valence-electron chi connectivity index (χ4n) is 4.64. The van der Waals surface area contributed by atoms with Crippen molar-refractivity contribution >= 4 is 17.2 Å². The van der Waals surface area contributed by atoms with E-state index in [0.29, 0.717) is 29.1 Å². The van der Waals surface area contributed by atoms with Crippen molar-refractivity contribution in [2.24, 2.45) is 5.41 Å². The van der Waals surface area contributed by atoms with Gasteiger partial charge in [0.15, 0.2) is 5.70 Å². The third-order valence-electron chi connectivity index (χ3n) is 6.96. The van der Waals surface area contributed by atoms with Crippen LogP contribution < -0.4 is 5.32 Å². The van der Waals surface area contributed by atoms with Crippen molar-refractivity contribution < 1.29 is 9.53 Å². The average molecular weight is 432 g/mol. The molecule has 32 heavy (non-hydrogen) atoms. The van der Waals surface area contributed by atoms with Crippen LogP contribution in [-0.4, -0.2) is 37.1 Å². The lowest BCUT2D eigenvalue weighted by Crippen LogP contribution is -2.38. The molecule has 0 radical (unpaired) electrons. The highest BCUT2D eigenvalue weighted by atomic mass is 16.5. The van der Waals surface area contributed by atoms with Crippen molar-refractivity contribution in [2.75, 3.05) is 31.6 Å². The van der Waals surface area contributed by atoms with Gasteiger partial charge in [-0.25, -0.2) is 4.85 Å². The molecule has 0 saturated carbocycles. The zero-order valence-electron chi connectivity index (χ0n) is 19.4. The van der Waals surface area contributed by atoms with Crippen LogP contribution in [0.3, 0.4) is 0 Å². The number of hydrogen-bond acceptors (Lipinski definition) is 3. The first-order valence-corrected chi connectivity index (χ1v) is 11.6. The summed E-state index contributed by atoms with van der Waals surface area (Å²) in [5.41, 5.74) is 6.08. The Hall–Kier alpha value is -2.68. The molecule has 0 aromatic heterocycles. The number of benzene rings is 1. The summed E-state index contributed by atoms with van der Waals surface area (Å²) >= 11 is 0. The van der Waals surface area contributed by atoms with Gasteiger partial charge in [0, 0.05) is 36.0 Å². The quantitative estimate of drug-likeness (QED) is 0.604. The van der Waals surface area contributed by atoms with E-state index in [4.69, 9.17) is 11.3 Å². The lowest BCUT2D eigenvalue weighted by molar-refractivity contribution is -0.112. The maximum atomic E-state index is 12.9. The molecule has 0 spiro atoms. The second-order valence-corrected chi connectivity index (χ2v) is 9.80. The summed E-state index contributed by atoms with van der Waals surface area (Å²) in [7, 11) is 0. The zero-order chi connectivity index (χ0) is 22.7. The minimum atomic E-state index is -0.119. The Morgan fingerprint density at radius 3 is 2.69 bits per heavy atom. The summed E-state index contributed by atoms with van der Waals surface area (Å²) in [6.07, 6.45) is 9.56. The van der Waals surface area contributed by atoms with Crippen LogP contribution in [0, 0.1) is 12.0 Å². The Balaban J connectivity index is 1.62. The average Bonchev–Trinajstić information content (AvgIpc) is 3.29. The largest absolute Gasteiger partial charge is 0.379 e. The molecule has 1 heterocycles. The van der Waals surface area contributed by atoms with E-state index in [0.717, 1.165) is 56.8 Å². The first-order chi connectivity index (χ1) is 15.4. The van der Waals surface area contributed by atoms with Crippen LogP contribution in [0.4, 0.5) is 5.69 Å². The van der Waals surface area contributed by atoms with E-state index in [1.807, 2.05) is 6.08 Å². The highest BCUT2D eigenvalue weighted by Crippen LogP contribution is 2.41. The molecule has 1 aromatic rings. The molecule has 3 aliphatic rings. The van der Waals surface area contributed by atoms with Crippen molar-refractivity contribution in [1.29, 1.82) is 0 Å². The Kier molecular flexibility index (Phi) is 6.64. The number of morpholine rings is 1. The molecule has 2 aliphatic carbocycles. The Morgan fingerprint density at radius 2 is 2.03 bits per heavy atom. The van der Waals surface area contributed by atoms with Crippen molar-refractivity contribution in [3.05, 3.63) is 70.2 Å². The maximum absolute atomic E-state index is 12.9. The molecule has 0 bridgehead atoms. The Morgan fingerprint density at radius 1 is 1.25 bits per heavy atom. The minimum absolute atomic E-state index is 0.119. The Labute approximate surface area is 191 Å². The third-order valence-corrected chi connectivity index (χ3v) is 6.96. The van der Waals surface area contributed by atoms with Crippen LogP contribution in [0.5, 0.6) is 0 Å². The van der Waals surface area contributed by atoms with Crippen LogP contribution in [0.1, 0.15) is 63.6 Å². The first-order valence-electron chi connectivity index (χ1n) is 11.6. The van der Waals surface area contributed by atoms with Gasteiger partial charge in [-0.05, 0) is 67.4 Å². The minimum Gasteiger partial charge on any atom is -0.379 e. The van der Waals surface area contributed by atoms with E-state index in [9.17, 15) is 4.79 Å². The van der Waals surface area contributed by atoms with Crippen LogP contribution in [0.25, 0.3) is 10.4 Å². The van der Waals surface area contributed by atoms with E-state index < -0.39 is 0 Å². The highest BCUT2D eigenvalue weighted by molar-refractivity contribution is 6.06. The lowest BCUT2D eigenvalue weighted by atomic mass is 9.76. The summed E-state index contributed by atoms with van der Waals surface area (Å²) in [5, 5.41) is 3.14. The van der Waals surface area contributed by atoms with E-state index in [1.54, 1.807) is 6.08 Å². The van der Waals surface area contributed by atoms with Gasteiger partial charge in [0.1, 0.15) is 0 Å². The smallest absolute Gasteiger partial charge is 0.250 e. The van der Waals surface area contributed by atoms with Crippen molar-refractivity contribution in [3.63, 3.8) is 0 Å². The van der Waals surface area contributed by atoms with Gasteiger partial charge in [-0.2, -0.15) is 0 Å². The maximum Gasteiger partial charge on any atom is 0.250 e. The third kappa shape index (κ3) is 5.03. The van der Waals surface area contributed by atoms with Gasteiger partial charge in [0.25, 0.3) is 5.91 Å². The molecular weight excluding hydrogens is 398 g/mol. The standard InChI is InChI=1S/C27H33N3O2/c1-19(30-13-15-32-16-14-30)21-6-8-25(29-26(31)22-5-7-23(17-22)28-4)24(18-21)20-9-11-27(2,3)12-10-20/h6-9,17-19H,5,10-16H2,1-3H3,(H,29,31). The van der Waals surface area contributed by atoms with Crippen molar-refractivity contribution in [2.45, 2.75) is 52.5 Å². The number of allylic oxidation sites excluding steroid dienone is 4.